The van der Waals surface area contributed by atoms with Gasteiger partial charge in [-0.25, -0.2) is 9.18 Å². The van der Waals surface area contributed by atoms with Crippen molar-refractivity contribution in [3.8, 4) is 11.8 Å². The van der Waals surface area contributed by atoms with Gasteiger partial charge in [0.2, 0.25) is 0 Å². The van der Waals surface area contributed by atoms with Gasteiger partial charge in [0, 0.05) is 5.56 Å². The fourth-order valence-corrected chi connectivity index (χ4v) is 2.23. The second-order valence-electron chi connectivity index (χ2n) is 5.02. The monoisotopic (exact) mass is 327 g/mol. The first-order valence-electron chi connectivity index (χ1n) is 7.14. The summed E-state index contributed by atoms with van der Waals surface area (Å²) in [5.74, 6) is -2.44. The lowest BCUT2D eigenvalue weighted by atomic mass is 9.94. The van der Waals surface area contributed by atoms with Gasteiger partial charge in [0.15, 0.2) is 5.78 Å². The molecule has 0 atom stereocenters. The molecule has 0 saturated heterocycles. The molecule has 0 radical (unpaired) electrons. The minimum Gasteiger partial charge on any atom is -0.507 e. The summed E-state index contributed by atoms with van der Waals surface area (Å²) in [4.78, 5) is 24.6. The number of aromatic hydroxyl groups is 1. The third-order valence-electron chi connectivity index (χ3n) is 3.49. The maximum absolute atomic E-state index is 13.4. The predicted octanol–water partition coefficient (Wildman–Crippen LogP) is 3.12. The lowest BCUT2D eigenvalue weighted by Gasteiger charge is -2.10. The molecule has 0 saturated carbocycles. The van der Waals surface area contributed by atoms with E-state index in [-0.39, 0.29) is 28.9 Å². The van der Waals surface area contributed by atoms with Crippen LogP contribution in [-0.4, -0.2) is 23.5 Å². The van der Waals surface area contributed by atoms with Crippen LogP contribution >= 0.6 is 0 Å². The Kier molecular flexibility index (Phi) is 4.95. The quantitative estimate of drug-likeness (QED) is 0.688. The number of esters is 1. The van der Waals surface area contributed by atoms with Crippen LogP contribution < -0.4 is 0 Å². The fraction of sp³-hybridized carbons (Fsp3) is 0.167. The fourth-order valence-electron chi connectivity index (χ4n) is 2.23. The van der Waals surface area contributed by atoms with Gasteiger partial charge < -0.3 is 9.84 Å². The molecule has 6 heteroatoms. The summed E-state index contributed by atoms with van der Waals surface area (Å²) in [6.45, 7) is 3.35. The number of hydrogen-bond donors (Lipinski definition) is 1. The van der Waals surface area contributed by atoms with Gasteiger partial charge in [0.05, 0.1) is 29.4 Å². The van der Waals surface area contributed by atoms with Crippen LogP contribution in [0.4, 0.5) is 4.39 Å². The van der Waals surface area contributed by atoms with Gasteiger partial charge in [-0.05, 0) is 49.7 Å². The molecule has 2 rings (SSSR count). The Morgan fingerprint density at radius 3 is 2.58 bits per heavy atom. The van der Waals surface area contributed by atoms with Crippen LogP contribution in [0.25, 0.3) is 0 Å². The summed E-state index contributed by atoms with van der Waals surface area (Å²) < 4.78 is 18.3. The minimum absolute atomic E-state index is 0.0129. The smallest absolute Gasteiger partial charge is 0.338 e. The predicted molar refractivity (Wildman–Crippen MR) is 83.3 cm³/mol. The Morgan fingerprint density at radius 1 is 1.25 bits per heavy atom. The number of phenols is 1. The molecule has 0 heterocycles. The number of ketones is 1. The van der Waals surface area contributed by atoms with E-state index in [1.165, 1.54) is 12.1 Å². The molecule has 0 amide bonds. The average Bonchev–Trinajstić information content (AvgIpc) is 2.56. The second-order valence-corrected chi connectivity index (χ2v) is 5.02. The lowest BCUT2D eigenvalue weighted by molar-refractivity contribution is 0.0525. The Balaban J connectivity index is 2.60. The number of benzene rings is 2. The first kappa shape index (κ1) is 17.2. The molecule has 24 heavy (non-hydrogen) atoms. The summed E-state index contributed by atoms with van der Waals surface area (Å²) in [6, 6.07) is 7.46. The van der Waals surface area contributed by atoms with Crippen LogP contribution in [0.15, 0.2) is 30.3 Å². The van der Waals surface area contributed by atoms with Crippen molar-refractivity contribution < 1.29 is 23.8 Å². The third kappa shape index (κ3) is 3.25. The molecule has 1 N–H and O–H groups in total. The van der Waals surface area contributed by atoms with Crippen molar-refractivity contribution in [3.05, 3.63) is 64.0 Å². The number of rotatable bonds is 4. The molecule has 5 nitrogen and oxygen atoms in total. The van der Waals surface area contributed by atoms with Gasteiger partial charge in [-0.15, -0.1) is 0 Å². The molecule has 0 spiro atoms. The molecule has 0 aromatic heterocycles. The highest BCUT2D eigenvalue weighted by atomic mass is 19.1. The maximum atomic E-state index is 13.4. The van der Waals surface area contributed by atoms with E-state index in [9.17, 15) is 24.3 Å². The number of carbonyl (C=O) groups is 2. The van der Waals surface area contributed by atoms with Gasteiger partial charge in [-0.2, -0.15) is 5.26 Å². The zero-order chi connectivity index (χ0) is 17.9. The molecule has 2 aromatic carbocycles. The molecule has 0 aliphatic heterocycles. The van der Waals surface area contributed by atoms with E-state index in [1.54, 1.807) is 13.8 Å². The van der Waals surface area contributed by atoms with E-state index >= 15 is 0 Å². The van der Waals surface area contributed by atoms with Crippen molar-refractivity contribution in [2.24, 2.45) is 0 Å². The van der Waals surface area contributed by atoms with E-state index in [0.717, 1.165) is 18.2 Å². The SMILES string of the molecule is CCOC(=O)c1cc(C(=O)c2cc(F)ccc2O)cc(C#N)c1C. The van der Waals surface area contributed by atoms with Crippen molar-refractivity contribution in [3.63, 3.8) is 0 Å². The molecule has 0 aliphatic rings. The van der Waals surface area contributed by atoms with Gasteiger partial charge in [-0.1, -0.05) is 0 Å². The third-order valence-corrected chi connectivity index (χ3v) is 3.49. The highest BCUT2D eigenvalue weighted by molar-refractivity contribution is 6.12. The topological polar surface area (TPSA) is 87.4 Å². The summed E-state index contributed by atoms with van der Waals surface area (Å²) in [5.41, 5.74) is 0.324. The van der Waals surface area contributed by atoms with E-state index in [1.807, 2.05) is 6.07 Å². The standard InChI is InChI=1S/C18H14FNO4/c1-3-24-18(23)14-7-11(6-12(9-20)10(14)2)17(22)15-8-13(19)4-5-16(15)21/h4-8,21H,3H2,1-2H3. The molecule has 0 fully saturated rings. The van der Waals surface area contributed by atoms with E-state index in [0.29, 0.717) is 5.56 Å². The van der Waals surface area contributed by atoms with E-state index < -0.39 is 23.3 Å². The number of carbonyl (C=O) groups excluding carboxylic acids is 2. The second kappa shape index (κ2) is 6.92. The van der Waals surface area contributed by atoms with Crippen LogP contribution in [0.3, 0.4) is 0 Å². The summed E-state index contributed by atoms with van der Waals surface area (Å²) in [6.07, 6.45) is 0. The number of ether oxygens (including phenoxy) is 1. The molecule has 0 aliphatic carbocycles. The van der Waals surface area contributed by atoms with Crippen LogP contribution in [0.2, 0.25) is 0 Å². The molecule has 0 bridgehead atoms. The highest BCUT2D eigenvalue weighted by Gasteiger charge is 2.20. The molecular weight excluding hydrogens is 313 g/mol. The largest absolute Gasteiger partial charge is 0.507 e. The van der Waals surface area contributed by atoms with E-state index in [4.69, 9.17) is 4.74 Å². The zero-order valence-electron chi connectivity index (χ0n) is 13.1. The lowest BCUT2D eigenvalue weighted by Crippen LogP contribution is -2.11. The summed E-state index contributed by atoms with van der Waals surface area (Å²) in [7, 11) is 0. The van der Waals surface area contributed by atoms with Crippen molar-refractivity contribution in [2.75, 3.05) is 6.61 Å². The number of phenolic OH excluding ortho intramolecular Hbond substituents is 1. The molecular formula is C18H14FNO4. The van der Waals surface area contributed by atoms with Crippen LogP contribution in [0.1, 0.15) is 44.3 Å². The number of hydrogen-bond acceptors (Lipinski definition) is 5. The van der Waals surface area contributed by atoms with Crippen LogP contribution in [0, 0.1) is 24.1 Å². The van der Waals surface area contributed by atoms with Crippen LogP contribution in [0.5, 0.6) is 5.75 Å². The number of nitrogens with zero attached hydrogens (tertiary/aromatic N) is 1. The first-order valence-corrected chi connectivity index (χ1v) is 7.14. The van der Waals surface area contributed by atoms with Gasteiger partial charge >= 0.3 is 5.97 Å². The Morgan fingerprint density at radius 2 is 1.96 bits per heavy atom. The highest BCUT2D eigenvalue weighted by Crippen LogP contribution is 2.24. The average molecular weight is 327 g/mol. The molecule has 122 valence electrons. The van der Waals surface area contributed by atoms with Crippen molar-refractivity contribution in [1.29, 1.82) is 5.26 Å². The van der Waals surface area contributed by atoms with Crippen LogP contribution in [-0.2, 0) is 4.74 Å². The van der Waals surface area contributed by atoms with Crippen molar-refractivity contribution in [2.45, 2.75) is 13.8 Å². The molecule has 0 unspecified atom stereocenters. The van der Waals surface area contributed by atoms with Gasteiger partial charge in [-0.3, -0.25) is 4.79 Å². The first-order chi connectivity index (χ1) is 11.4. The normalized spacial score (nSPS) is 10.1. The van der Waals surface area contributed by atoms with Gasteiger partial charge in [0.25, 0.3) is 0 Å². The van der Waals surface area contributed by atoms with Gasteiger partial charge in [0.1, 0.15) is 11.6 Å². The minimum atomic E-state index is -0.700. The molecule has 2 aromatic rings. The van der Waals surface area contributed by atoms with Crippen molar-refractivity contribution >= 4 is 11.8 Å². The number of nitriles is 1. The maximum Gasteiger partial charge on any atom is 0.338 e. The summed E-state index contributed by atoms with van der Waals surface area (Å²) in [5, 5.41) is 19.0. The zero-order valence-corrected chi connectivity index (χ0v) is 13.1. The Hall–Kier alpha value is -3.20. The number of halogens is 1. The summed E-state index contributed by atoms with van der Waals surface area (Å²) >= 11 is 0. The van der Waals surface area contributed by atoms with E-state index in [2.05, 4.69) is 0 Å². The Bertz CT molecular complexity index is 868. The Labute approximate surface area is 137 Å². The van der Waals surface area contributed by atoms with Crippen molar-refractivity contribution in [1.82, 2.24) is 0 Å².